The molecular weight excluding hydrogens is 196 g/mol. The Bertz CT molecular complexity index is 231. The lowest BCUT2D eigenvalue weighted by atomic mass is 9.82. The van der Waals surface area contributed by atoms with E-state index in [1.165, 1.54) is 31.5 Å². The molecule has 0 saturated carbocycles. The predicted octanol–water partition coefficient (Wildman–Crippen LogP) is 2.93. The van der Waals surface area contributed by atoms with Crippen LogP contribution in [0.1, 0.15) is 53.4 Å². The van der Waals surface area contributed by atoms with Gasteiger partial charge in [0, 0.05) is 11.6 Å². The molecular formula is C14H28N2. The largest absolute Gasteiger partial charge is 0.323 e. The highest BCUT2D eigenvalue weighted by atomic mass is 15.2. The summed E-state index contributed by atoms with van der Waals surface area (Å²) >= 11 is 0. The van der Waals surface area contributed by atoms with Crippen molar-refractivity contribution in [2.75, 3.05) is 13.1 Å². The third kappa shape index (κ3) is 2.67. The van der Waals surface area contributed by atoms with Gasteiger partial charge in [-0.2, -0.15) is 0 Å². The van der Waals surface area contributed by atoms with E-state index < -0.39 is 0 Å². The summed E-state index contributed by atoms with van der Waals surface area (Å²) < 4.78 is 0. The van der Waals surface area contributed by atoms with Crippen molar-refractivity contribution >= 4 is 0 Å². The highest BCUT2D eigenvalue weighted by molar-refractivity contribution is 5.11. The minimum absolute atomic E-state index is 0.172. The van der Waals surface area contributed by atoms with Crippen molar-refractivity contribution in [1.82, 2.24) is 4.90 Å². The third-order valence-corrected chi connectivity index (χ3v) is 4.09. The molecule has 1 aliphatic rings. The van der Waals surface area contributed by atoms with E-state index in [9.17, 15) is 0 Å². The molecule has 1 rings (SSSR count). The minimum atomic E-state index is 0.172. The number of rotatable bonds is 5. The first-order chi connectivity index (χ1) is 7.56. The van der Waals surface area contributed by atoms with E-state index in [1.54, 1.807) is 0 Å². The van der Waals surface area contributed by atoms with Crippen LogP contribution in [0, 0.1) is 0 Å². The summed E-state index contributed by atoms with van der Waals surface area (Å²) in [6, 6.07) is 0.172. The summed E-state index contributed by atoms with van der Waals surface area (Å²) in [5.41, 5.74) is 7.96. The summed E-state index contributed by atoms with van der Waals surface area (Å²) in [6.07, 6.45) is 7.21. The van der Waals surface area contributed by atoms with Crippen LogP contribution in [0.5, 0.6) is 0 Å². The van der Waals surface area contributed by atoms with Gasteiger partial charge in [-0.3, -0.25) is 4.90 Å². The second-order valence-corrected chi connectivity index (χ2v) is 5.27. The summed E-state index contributed by atoms with van der Waals surface area (Å²) in [6.45, 7) is 11.3. The zero-order valence-corrected chi connectivity index (χ0v) is 11.4. The van der Waals surface area contributed by atoms with E-state index >= 15 is 0 Å². The first-order valence-electron chi connectivity index (χ1n) is 6.72. The fraction of sp³-hybridized carbons (Fsp3) is 0.857. The molecule has 0 aromatic heterocycles. The Morgan fingerprint density at radius 1 is 1.25 bits per heavy atom. The van der Waals surface area contributed by atoms with Gasteiger partial charge < -0.3 is 5.73 Å². The van der Waals surface area contributed by atoms with Crippen LogP contribution in [-0.4, -0.2) is 29.6 Å². The van der Waals surface area contributed by atoms with Gasteiger partial charge in [-0.25, -0.2) is 0 Å². The number of hydrogen-bond acceptors (Lipinski definition) is 2. The third-order valence-electron chi connectivity index (χ3n) is 4.09. The number of allylic oxidation sites excluding steroid dienone is 1. The second-order valence-electron chi connectivity index (χ2n) is 5.27. The SMILES string of the molecule is CCC(CC)(C(N)C=C(C)C)N1CCCC1. The lowest BCUT2D eigenvalue weighted by Gasteiger charge is -2.44. The Morgan fingerprint density at radius 3 is 2.12 bits per heavy atom. The normalized spacial score (nSPS) is 19.8. The first kappa shape index (κ1) is 13.7. The maximum absolute atomic E-state index is 6.44. The lowest BCUT2D eigenvalue weighted by molar-refractivity contribution is 0.0916. The van der Waals surface area contributed by atoms with E-state index in [0.29, 0.717) is 0 Å². The highest BCUT2D eigenvalue weighted by Gasteiger charge is 2.39. The fourth-order valence-electron chi connectivity index (χ4n) is 3.06. The second kappa shape index (κ2) is 5.83. The van der Waals surface area contributed by atoms with Crippen LogP contribution in [0.25, 0.3) is 0 Å². The van der Waals surface area contributed by atoms with Crippen LogP contribution < -0.4 is 5.73 Å². The van der Waals surface area contributed by atoms with E-state index in [2.05, 4.69) is 38.7 Å². The maximum Gasteiger partial charge on any atom is 0.0413 e. The molecule has 0 bridgehead atoms. The fourth-order valence-corrected chi connectivity index (χ4v) is 3.06. The first-order valence-corrected chi connectivity index (χ1v) is 6.72. The van der Waals surface area contributed by atoms with Crippen LogP contribution in [0.2, 0.25) is 0 Å². The van der Waals surface area contributed by atoms with Crippen LogP contribution in [-0.2, 0) is 0 Å². The highest BCUT2D eigenvalue weighted by Crippen LogP contribution is 2.31. The molecule has 1 aliphatic heterocycles. The van der Waals surface area contributed by atoms with Gasteiger partial charge in [0.1, 0.15) is 0 Å². The van der Waals surface area contributed by atoms with Gasteiger partial charge in [-0.05, 0) is 52.6 Å². The quantitative estimate of drug-likeness (QED) is 0.728. The predicted molar refractivity (Wildman–Crippen MR) is 71.5 cm³/mol. The molecule has 2 nitrogen and oxygen atoms in total. The molecule has 94 valence electrons. The van der Waals surface area contributed by atoms with Crippen LogP contribution >= 0.6 is 0 Å². The van der Waals surface area contributed by atoms with Crippen molar-refractivity contribution in [3.63, 3.8) is 0 Å². The topological polar surface area (TPSA) is 29.3 Å². The van der Waals surface area contributed by atoms with Crippen molar-refractivity contribution in [2.45, 2.75) is 65.0 Å². The number of nitrogens with two attached hydrogens (primary N) is 1. The van der Waals surface area contributed by atoms with Crippen molar-refractivity contribution in [3.8, 4) is 0 Å². The van der Waals surface area contributed by atoms with Gasteiger partial charge >= 0.3 is 0 Å². The average Bonchev–Trinajstić information content (AvgIpc) is 2.73. The molecule has 1 saturated heterocycles. The molecule has 0 aromatic carbocycles. The van der Waals surface area contributed by atoms with Gasteiger partial charge in [-0.15, -0.1) is 0 Å². The molecule has 1 unspecified atom stereocenters. The van der Waals surface area contributed by atoms with E-state index in [4.69, 9.17) is 5.73 Å². The summed E-state index contributed by atoms with van der Waals surface area (Å²) in [7, 11) is 0. The summed E-state index contributed by atoms with van der Waals surface area (Å²) in [5, 5.41) is 0. The van der Waals surface area contributed by atoms with Crippen LogP contribution in [0.15, 0.2) is 11.6 Å². The smallest absolute Gasteiger partial charge is 0.0413 e. The van der Waals surface area contributed by atoms with E-state index in [-0.39, 0.29) is 11.6 Å². The van der Waals surface area contributed by atoms with E-state index in [1.807, 2.05) is 0 Å². The van der Waals surface area contributed by atoms with Gasteiger partial charge in [0.05, 0.1) is 0 Å². The zero-order valence-electron chi connectivity index (χ0n) is 11.4. The Morgan fingerprint density at radius 2 is 1.75 bits per heavy atom. The summed E-state index contributed by atoms with van der Waals surface area (Å²) in [4.78, 5) is 2.62. The van der Waals surface area contributed by atoms with Crippen LogP contribution in [0.3, 0.4) is 0 Å². The Labute approximate surface area is 101 Å². The Kier molecular flexibility index (Phi) is 5.00. The maximum atomic E-state index is 6.44. The monoisotopic (exact) mass is 224 g/mol. The molecule has 1 fully saturated rings. The standard InChI is InChI=1S/C14H28N2/c1-5-14(6-2,13(15)11-12(3)4)16-9-7-8-10-16/h11,13H,5-10,15H2,1-4H3. The lowest BCUT2D eigenvalue weighted by Crippen LogP contribution is -2.57. The molecule has 1 atom stereocenters. The Hall–Kier alpha value is -0.340. The van der Waals surface area contributed by atoms with Gasteiger partial charge in [-0.1, -0.05) is 25.5 Å². The van der Waals surface area contributed by atoms with E-state index in [0.717, 1.165) is 12.8 Å². The molecule has 0 amide bonds. The minimum Gasteiger partial charge on any atom is -0.323 e. The van der Waals surface area contributed by atoms with Gasteiger partial charge in [0.15, 0.2) is 0 Å². The molecule has 0 radical (unpaired) electrons. The molecule has 1 heterocycles. The van der Waals surface area contributed by atoms with Crippen molar-refractivity contribution in [1.29, 1.82) is 0 Å². The molecule has 0 spiro atoms. The molecule has 0 aliphatic carbocycles. The summed E-state index contributed by atoms with van der Waals surface area (Å²) in [5.74, 6) is 0. The number of hydrogen-bond donors (Lipinski definition) is 1. The molecule has 0 aromatic rings. The van der Waals surface area contributed by atoms with Crippen LogP contribution in [0.4, 0.5) is 0 Å². The molecule has 2 heteroatoms. The van der Waals surface area contributed by atoms with Crippen molar-refractivity contribution < 1.29 is 0 Å². The van der Waals surface area contributed by atoms with Crippen molar-refractivity contribution in [2.24, 2.45) is 5.73 Å². The molecule has 2 N–H and O–H groups in total. The number of nitrogens with zero attached hydrogens (tertiary/aromatic N) is 1. The zero-order chi connectivity index (χ0) is 12.2. The molecule has 16 heavy (non-hydrogen) atoms. The number of likely N-dealkylation sites (tertiary alicyclic amines) is 1. The van der Waals surface area contributed by atoms with Crippen molar-refractivity contribution in [3.05, 3.63) is 11.6 Å². The Balaban J connectivity index is 2.89. The van der Waals surface area contributed by atoms with Gasteiger partial charge in [0.2, 0.25) is 0 Å². The average molecular weight is 224 g/mol. The van der Waals surface area contributed by atoms with Gasteiger partial charge in [0.25, 0.3) is 0 Å².